The molecular formula is C15H25IN4O2S. The van der Waals surface area contributed by atoms with Gasteiger partial charge in [0.15, 0.2) is 5.96 Å². The highest BCUT2D eigenvalue weighted by Crippen LogP contribution is 2.24. The fourth-order valence-electron chi connectivity index (χ4n) is 2.73. The van der Waals surface area contributed by atoms with Crippen LogP contribution >= 0.6 is 35.3 Å². The van der Waals surface area contributed by atoms with Crippen LogP contribution in [0.15, 0.2) is 11.2 Å². The van der Waals surface area contributed by atoms with E-state index in [1.165, 1.54) is 12.0 Å². The highest BCUT2D eigenvalue weighted by Gasteiger charge is 2.36. The lowest BCUT2D eigenvalue weighted by Crippen LogP contribution is -2.41. The summed E-state index contributed by atoms with van der Waals surface area (Å²) in [5, 5.41) is 4.49. The molecule has 2 heterocycles. The minimum absolute atomic E-state index is 0. The van der Waals surface area contributed by atoms with Crippen LogP contribution in [0.3, 0.4) is 0 Å². The van der Waals surface area contributed by atoms with Crippen molar-refractivity contribution in [3.05, 3.63) is 16.1 Å². The van der Waals surface area contributed by atoms with Crippen LogP contribution in [0.5, 0.6) is 0 Å². The number of ether oxygens (including phenoxy) is 1. The molecule has 0 aliphatic carbocycles. The predicted molar refractivity (Wildman–Crippen MR) is 104 cm³/mol. The Morgan fingerprint density at radius 3 is 2.87 bits per heavy atom. The maximum atomic E-state index is 11.8. The molecule has 6 nitrogen and oxygen atoms in total. The maximum absolute atomic E-state index is 11.8. The maximum Gasteiger partial charge on any atom is 0.310 e. The van der Waals surface area contributed by atoms with Crippen LogP contribution in [0.4, 0.5) is 0 Å². The Balaban J connectivity index is 0.00000264. The first kappa shape index (κ1) is 20.1. The zero-order valence-electron chi connectivity index (χ0n) is 14.0. The summed E-state index contributed by atoms with van der Waals surface area (Å²) in [4.78, 5) is 23.8. The van der Waals surface area contributed by atoms with E-state index in [0.29, 0.717) is 6.54 Å². The molecule has 0 bridgehead atoms. The number of likely N-dealkylation sites (tertiary alicyclic amines) is 1. The monoisotopic (exact) mass is 452 g/mol. The molecule has 0 saturated carbocycles. The molecule has 1 aromatic heterocycles. The Labute approximate surface area is 158 Å². The lowest BCUT2D eigenvalue weighted by atomic mass is 9.99. The minimum atomic E-state index is -0.135. The largest absolute Gasteiger partial charge is 0.469 e. The summed E-state index contributed by atoms with van der Waals surface area (Å²) in [6.07, 6.45) is 2.78. The van der Waals surface area contributed by atoms with Crippen molar-refractivity contribution in [3.8, 4) is 0 Å². The third-order valence-corrected chi connectivity index (χ3v) is 4.89. The second-order valence-electron chi connectivity index (χ2n) is 5.60. The minimum Gasteiger partial charge on any atom is -0.469 e. The van der Waals surface area contributed by atoms with Crippen molar-refractivity contribution in [3.63, 3.8) is 0 Å². The number of carbonyl (C=O) groups is 1. The van der Waals surface area contributed by atoms with E-state index >= 15 is 0 Å². The van der Waals surface area contributed by atoms with Gasteiger partial charge in [0.1, 0.15) is 0 Å². The van der Waals surface area contributed by atoms with Gasteiger partial charge in [-0.1, -0.05) is 6.92 Å². The highest BCUT2D eigenvalue weighted by atomic mass is 127. The SMILES string of the molecule is CN=C(NCCc1ncc(C)s1)N1CC(C)C(C(=O)OC)C1.I. The van der Waals surface area contributed by atoms with Crippen molar-refractivity contribution < 1.29 is 9.53 Å². The Morgan fingerprint density at radius 2 is 2.30 bits per heavy atom. The lowest BCUT2D eigenvalue weighted by molar-refractivity contribution is -0.145. The number of nitrogens with one attached hydrogen (secondary N) is 1. The van der Waals surface area contributed by atoms with E-state index in [2.05, 4.69) is 34.0 Å². The molecule has 1 saturated heterocycles. The molecule has 1 fully saturated rings. The Kier molecular flexibility index (Phi) is 8.24. The molecule has 0 aromatic carbocycles. The number of carbonyl (C=O) groups excluding carboxylic acids is 1. The number of rotatable bonds is 4. The van der Waals surface area contributed by atoms with Crippen LogP contribution < -0.4 is 5.32 Å². The zero-order chi connectivity index (χ0) is 16.1. The van der Waals surface area contributed by atoms with Crippen molar-refractivity contribution in [1.29, 1.82) is 0 Å². The standard InChI is InChI=1S/C15H24N4O2S.HI/c1-10-8-19(9-12(10)14(20)21-4)15(16-3)17-6-5-13-18-7-11(2)22-13;/h7,10,12H,5-6,8-9H2,1-4H3,(H,16,17);1H. The third-order valence-electron chi connectivity index (χ3n) is 3.92. The van der Waals surface area contributed by atoms with Gasteiger partial charge in [0.25, 0.3) is 0 Å². The van der Waals surface area contributed by atoms with Crippen molar-refractivity contribution >= 4 is 47.2 Å². The summed E-state index contributed by atoms with van der Waals surface area (Å²) >= 11 is 1.72. The Morgan fingerprint density at radius 1 is 1.57 bits per heavy atom. The number of thiazole rings is 1. The van der Waals surface area contributed by atoms with Gasteiger partial charge in [-0.25, -0.2) is 4.98 Å². The van der Waals surface area contributed by atoms with E-state index in [0.717, 1.165) is 30.5 Å². The average Bonchev–Trinajstić information content (AvgIpc) is 3.09. The van der Waals surface area contributed by atoms with Crippen LogP contribution in [0.2, 0.25) is 0 Å². The Hall–Kier alpha value is -0.900. The zero-order valence-corrected chi connectivity index (χ0v) is 17.2. The number of hydrogen-bond acceptors (Lipinski definition) is 5. The molecule has 1 aliphatic rings. The van der Waals surface area contributed by atoms with Crippen molar-refractivity contribution in [1.82, 2.24) is 15.2 Å². The van der Waals surface area contributed by atoms with Crippen LogP contribution in [0.25, 0.3) is 0 Å². The molecule has 2 atom stereocenters. The molecule has 8 heteroatoms. The van der Waals surface area contributed by atoms with Crippen molar-refractivity contribution in [2.24, 2.45) is 16.8 Å². The van der Waals surface area contributed by atoms with E-state index in [4.69, 9.17) is 4.74 Å². The van der Waals surface area contributed by atoms with E-state index in [1.54, 1.807) is 18.4 Å². The van der Waals surface area contributed by atoms with Crippen LogP contribution in [-0.4, -0.2) is 55.6 Å². The normalized spacial score (nSPS) is 21.0. The average molecular weight is 452 g/mol. The van der Waals surface area contributed by atoms with Crippen LogP contribution in [0, 0.1) is 18.8 Å². The van der Waals surface area contributed by atoms with Gasteiger partial charge in [-0.15, -0.1) is 35.3 Å². The number of halogens is 1. The van der Waals surface area contributed by atoms with Crippen molar-refractivity contribution in [2.45, 2.75) is 20.3 Å². The van der Waals surface area contributed by atoms with Crippen molar-refractivity contribution in [2.75, 3.05) is 33.8 Å². The van der Waals surface area contributed by atoms with Gasteiger partial charge >= 0.3 is 5.97 Å². The first-order chi connectivity index (χ1) is 10.5. The van der Waals surface area contributed by atoms with Gasteiger partial charge in [0, 0.05) is 44.2 Å². The van der Waals surface area contributed by atoms with E-state index in [9.17, 15) is 4.79 Å². The smallest absolute Gasteiger partial charge is 0.310 e. The second-order valence-corrected chi connectivity index (χ2v) is 6.92. The number of esters is 1. The van der Waals surface area contributed by atoms with Gasteiger partial charge in [0.2, 0.25) is 0 Å². The van der Waals surface area contributed by atoms with Gasteiger partial charge in [-0.05, 0) is 12.8 Å². The fourth-order valence-corrected chi connectivity index (χ4v) is 3.52. The molecule has 1 aromatic rings. The molecule has 2 unspecified atom stereocenters. The number of aliphatic imine (C=N–C) groups is 1. The molecular weight excluding hydrogens is 427 g/mol. The quantitative estimate of drug-likeness (QED) is 0.327. The van der Waals surface area contributed by atoms with Gasteiger partial charge in [-0.2, -0.15) is 0 Å². The van der Waals surface area contributed by atoms with E-state index in [1.807, 2.05) is 6.20 Å². The summed E-state index contributed by atoms with van der Waals surface area (Å²) in [6.45, 7) is 6.40. The van der Waals surface area contributed by atoms with E-state index in [-0.39, 0.29) is 41.8 Å². The van der Waals surface area contributed by atoms with E-state index < -0.39 is 0 Å². The highest BCUT2D eigenvalue weighted by molar-refractivity contribution is 14.0. The number of guanidine groups is 1. The number of nitrogens with zero attached hydrogens (tertiary/aromatic N) is 3. The number of aromatic nitrogens is 1. The van der Waals surface area contributed by atoms with Crippen LogP contribution in [0.1, 0.15) is 16.8 Å². The predicted octanol–water partition coefficient (Wildman–Crippen LogP) is 1.93. The van der Waals surface area contributed by atoms with Gasteiger partial charge in [0.05, 0.1) is 18.0 Å². The molecule has 0 radical (unpaired) electrons. The third kappa shape index (κ3) is 5.30. The molecule has 23 heavy (non-hydrogen) atoms. The van der Waals surface area contributed by atoms with Gasteiger partial charge in [-0.3, -0.25) is 9.79 Å². The summed E-state index contributed by atoms with van der Waals surface area (Å²) < 4.78 is 4.87. The Bertz CT molecular complexity index is 549. The lowest BCUT2D eigenvalue weighted by Gasteiger charge is -2.21. The van der Waals surface area contributed by atoms with Crippen LogP contribution in [-0.2, 0) is 16.0 Å². The number of aryl methyl sites for hydroxylation is 1. The number of methoxy groups -OCH3 is 1. The molecule has 2 rings (SSSR count). The molecule has 0 amide bonds. The molecule has 1 N–H and O–H groups in total. The first-order valence-corrected chi connectivity index (χ1v) is 8.31. The molecule has 130 valence electrons. The second kappa shape index (κ2) is 9.41. The topological polar surface area (TPSA) is 66.8 Å². The number of hydrogen-bond donors (Lipinski definition) is 1. The first-order valence-electron chi connectivity index (χ1n) is 7.50. The molecule has 1 aliphatic heterocycles. The summed E-state index contributed by atoms with van der Waals surface area (Å²) in [6, 6.07) is 0. The fraction of sp³-hybridized carbons (Fsp3) is 0.667. The summed E-state index contributed by atoms with van der Waals surface area (Å²) in [5.41, 5.74) is 0. The summed E-state index contributed by atoms with van der Waals surface area (Å²) in [7, 11) is 3.22. The summed E-state index contributed by atoms with van der Waals surface area (Å²) in [5.74, 6) is 0.896. The molecule has 0 spiro atoms. The van der Waals surface area contributed by atoms with Gasteiger partial charge < -0.3 is 15.0 Å².